The minimum atomic E-state index is -0.233. The van der Waals surface area contributed by atoms with E-state index in [1.54, 1.807) is 0 Å². The number of benzene rings is 1. The Labute approximate surface area is 132 Å². The number of nitrogens with two attached hydrogens (primary N) is 1. The Balaban J connectivity index is 1.83. The average molecular weight is 302 g/mol. The van der Waals surface area contributed by atoms with Gasteiger partial charge in [0.05, 0.1) is 5.54 Å². The molecule has 0 bridgehead atoms. The minimum Gasteiger partial charge on any atom is -0.349 e. The lowest BCUT2D eigenvalue weighted by Crippen LogP contribution is -2.51. The molecule has 120 valence electrons. The predicted octanol–water partition coefficient (Wildman–Crippen LogP) is 2.60. The third-order valence-corrected chi connectivity index (χ3v) is 4.62. The molecule has 1 amide bonds. The van der Waals surface area contributed by atoms with E-state index in [9.17, 15) is 9.59 Å². The number of hydrogen-bond acceptors (Lipinski definition) is 3. The summed E-state index contributed by atoms with van der Waals surface area (Å²) in [4.78, 5) is 24.2. The lowest BCUT2D eigenvalue weighted by molar-refractivity contribution is -0.122. The van der Waals surface area contributed by atoms with Crippen molar-refractivity contribution in [3.63, 3.8) is 0 Å². The van der Waals surface area contributed by atoms with Crippen LogP contribution in [0.25, 0.3) is 0 Å². The molecule has 2 rings (SSSR count). The van der Waals surface area contributed by atoms with Gasteiger partial charge in [-0.05, 0) is 24.8 Å². The lowest BCUT2D eigenvalue weighted by Gasteiger charge is -2.28. The van der Waals surface area contributed by atoms with Crippen LogP contribution in [0, 0.1) is 0 Å². The highest BCUT2D eigenvalue weighted by Gasteiger charge is 2.33. The number of carbonyl (C=O) groups is 2. The molecule has 1 aliphatic carbocycles. The number of rotatable bonds is 7. The fraction of sp³-hybridized carbons (Fsp3) is 0.556. The van der Waals surface area contributed by atoms with Gasteiger partial charge < -0.3 is 11.1 Å². The van der Waals surface area contributed by atoms with Gasteiger partial charge in [0, 0.05) is 24.9 Å². The van der Waals surface area contributed by atoms with Crippen molar-refractivity contribution in [2.24, 2.45) is 5.73 Å². The second kappa shape index (κ2) is 7.54. The van der Waals surface area contributed by atoms with Gasteiger partial charge in [0.1, 0.15) is 0 Å². The van der Waals surface area contributed by atoms with E-state index in [-0.39, 0.29) is 30.1 Å². The Bertz CT molecular complexity index is 516. The van der Waals surface area contributed by atoms with Crippen LogP contribution in [0.2, 0.25) is 0 Å². The Morgan fingerprint density at radius 1 is 1.14 bits per heavy atom. The first-order valence-corrected chi connectivity index (χ1v) is 8.22. The zero-order valence-corrected chi connectivity index (χ0v) is 13.4. The number of hydrogen-bond donors (Lipinski definition) is 2. The summed E-state index contributed by atoms with van der Waals surface area (Å²) in [6.45, 7) is 2.56. The Kier molecular flexibility index (Phi) is 5.72. The van der Waals surface area contributed by atoms with E-state index in [1.165, 1.54) is 5.56 Å². The topological polar surface area (TPSA) is 72.2 Å². The van der Waals surface area contributed by atoms with Gasteiger partial charge in [-0.2, -0.15) is 0 Å². The van der Waals surface area contributed by atoms with Crippen LogP contribution >= 0.6 is 0 Å². The smallest absolute Gasteiger partial charge is 0.220 e. The molecule has 0 saturated heterocycles. The largest absolute Gasteiger partial charge is 0.349 e. The average Bonchev–Trinajstić information content (AvgIpc) is 3.01. The van der Waals surface area contributed by atoms with E-state index < -0.39 is 0 Å². The highest BCUT2D eigenvalue weighted by molar-refractivity contribution is 5.98. The molecule has 3 N–H and O–H groups in total. The second-order valence-corrected chi connectivity index (χ2v) is 6.21. The quantitative estimate of drug-likeness (QED) is 0.760. The summed E-state index contributed by atoms with van der Waals surface area (Å²) in [7, 11) is 0. The lowest BCUT2D eigenvalue weighted by atomic mass is 9.97. The normalized spacial score (nSPS) is 16.5. The summed E-state index contributed by atoms with van der Waals surface area (Å²) in [5.41, 5.74) is 7.47. The Hall–Kier alpha value is -1.68. The summed E-state index contributed by atoms with van der Waals surface area (Å²) < 4.78 is 0. The van der Waals surface area contributed by atoms with Gasteiger partial charge in [0.25, 0.3) is 0 Å². The van der Waals surface area contributed by atoms with Crippen LogP contribution in [0.4, 0.5) is 0 Å². The number of aryl methyl sites for hydroxylation is 1. The number of carbonyl (C=O) groups excluding carboxylic acids is 2. The van der Waals surface area contributed by atoms with E-state index in [0.717, 1.165) is 32.1 Å². The molecule has 0 spiro atoms. The Morgan fingerprint density at radius 3 is 2.32 bits per heavy atom. The maximum Gasteiger partial charge on any atom is 0.220 e. The van der Waals surface area contributed by atoms with Crippen molar-refractivity contribution in [2.45, 2.75) is 57.4 Å². The van der Waals surface area contributed by atoms with Gasteiger partial charge in [-0.25, -0.2) is 0 Å². The first kappa shape index (κ1) is 16.7. The van der Waals surface area contributed by atoms with Gasteiger partial charge in [-0.15, -0.1) is 0 Å². The standard InChI is InChI=1S/C18H26N2O2/c1-2-14-5-7-15(8-6-14)16(21)9-10-17(22)20-18(13-19)11-3-4-12-18/h5-8H,2-4,9-13,19H2,1H3,(H,20,22). The first-order valence-electron chi connectivity index (χ1n) is 8.22. The van der Waals surface area contributed by atoms with E-state index >= 15 is 0 Å². The molecule has 0 aliphatic heterocycles. The molecule has 4 nitrogen and oxygen atoms in total. The van der Waals surface area contributed by atoms with Gasteiger partial charge in [-0.1, -0.05) is 44.0 Å². The molecule has 1 fully saturated rings. The van der Waals surface area contributed by atoms with Crippen molar-refractivity contribution >= 4 is 11.7 Å². The number of ketones is 1. The molecule has 4 heteroatoms. The van der Waals surface area contributed by atoms with E-state index in [4.69, 9.17) is 5.73 Å². The molecule has 0 radical (unpaired) electrons. The molecule has 1 saturated carbocycles. The van der Waals surface area contributed by atoms with Crippen molar-refractivity contribution in [1.29, 1.82) is 0 Å². The van der Waals surface area contributed by atoms with Gasteiger partial charge in [-0.3, -0.25) is 9.59 Å². The first-order chi connectivity index (χ1) is 10.6. The molecule has 22 heavy (non-hydrogen) atoms. The van der Waals surface area contributed by atoms with Crippen LogP contribution in [0.1, 0.15) is 61.4 Å². The van der Waals surface area contributed by atoms with Crippen LogP contribution in [0.5, 0.6) is 0 Å². The molecule has 0 aromatic heterocycles. The fourth-order valence-corrected chi connectivity index (χ4v) is 3.09. The Morgan fingerprint density at radius 2 is 1.77 bits per heavy atom. The van der Waals surface area contributed by atoms with Crippen molar-refractivity contribution in [1.82, 2.24) is 5.32 Å². The van der Waals surface area contributed by atoms with E-state index in [2.05, 4.69) is 12.2 Å². The third kappa shape index (κ3) is 4.17. The zero-order valence-electron chi connectivity index (χ0n) is 13.4. The molecule has 1 aromatic carbocycles. The van der Waals surface area contributed by atoms with Crippen molar-refractivity contribution < 1.29 is 9.59 Å². The molecular weight excluding hydrogens is 276 g/mol. The summed E-state index contributed by atoms with van der Waals surface area (Å²) in [6, 6.07) is 7.62. The van der Waals surface area contributed by atoms with Gasteiger partial charge in [0.2, 0.25) is 5.91 Å². The zero-order chi connectivity index (χ0) is 16.0. The highest BCUT2D eigenvalue weighted by atomic mass is 16.2. The number of nitrogens with one attached hydrogen (secondary N) is 1. The maximum atomic E-state index is 12.1. The summed E-state index contributed by atoms with van der Waals surface area (Å²) in [5, 5.41) is 3.05. The van der Waals surface area contributed by atoms with Gasteiger partial charge in [0.15, 0.2) is 5.78 Å². The number of amides is 1. The molecule has 0 heterocycles. The van der Waals surface area contributed by atoms with E-state index in [1.807, 2.05) is 24.3 Å². The summed E-state index contributed by atoms with van der Waals surface area (Å²) in [6.07, 6.45) is 5.55. The highest BCUT2D eigenvalue weighted by Crippen LogP contribution is 2.28. The monoisotopic (exact) mass is 302 g/mol. The van der Waals surface area contributed by atoms with Crippen LogP contribution in [-0.4, -0.2) is 23.8 Å². The van der Waals surface area contributed by atoms with E-state index in [0.29, 0.717) is 12.1 Å². The minimum absolute atomic E-state index is 0.0195. The van der Waals surface area contributed by atoms with Crippen LogP contribution in [-0.2, 0) is 11.2 Å². The predicted molar refractivity (Wildman–Crippen MR) is 87.8 cm³/mol. The van der Waals surface area contributed by atoms with Crippen molar-refractivity contribution in [3.05, 3.63) is 35.4 Å². The van der Waals surface area contributed by atoms with Crippen molar-refractivity contribution in [2.75, 3.05) is 6.54 Å². The molecular formula is C18H26N2O2. The third-order valence-electron chi connectivity index (χ3n) is 4.62. The van der Waals surface area contributed by atoms with Crippen molar-refractivity contribution in [3.8, 4) is 0 Å². The molecule has 1 aliphatic rings. The second-order valence-electron chi connectivity index (χ2n) is 6.21. The maximum absolute atomic E-state index is 12.1. The molecule has 0 unspecified atom stereocenters. The molecule has 0 atom stereocenters. The van der Waals surface area contributed by atoms with Gasteiger partial charge >= 0.3 is 0 Å². The van der Waals surface area contributed by atoms with Crippen LogP contribution < -0.4 is 11.1 Å². The SMILES string of the molecule is CCc1ccc(C(=O)CCC(=O)NC2(CN)CCCC2)cc1. The molecule has 1 aromatic rings. The summed E-state index contributed by atoms with van der Waals surface area (Å²) in [5.74, 6) is -0.0445. The summed E-state index contributed by atoms with van der Waals surface area (Å²) >= 11 is 0. The van der Waals surface area contributed by atoms with Crippen LogP contribution in [0.3, 0.4) is 0 Å². The van der Waals surface area contributed by atoms with Crippen LogP contribution in [0.15, 0.2) is 24.3 Å². The number of Topliss-reactive ketones (excluding diaryl/α,β-unsaturated/α-hetero) is 1. The fourth-order valence-electron chi connectivity index (χ4n) is 3.09.